The van der Waals surface area contributed by atoms with E-state index in [1.54, 1.807) is 0 Å². The molecule has 118 valence electrons. The van der Waals surface area contributed by atoms with Gasteiger partial charge < -0.3 is 11.1 Å². The molecule has 2 aromatic rings. The molecule has 0 aromatic heterocycles. The van der Waals surface area contributed by atoms with Crippen molar-refractivity contribution in [3.05, 3.63) is 48.0 Å². The van der Waals surface area contributed by atoms with Crippen LogP contribution in [0.4, 0.5) is 0 Å². The summed E-state index contributed by atoms with van der Waals surface area (Å²) in [4.78, 5) is 12.0. The third-order valence-corrected chi connectivity index (χ3v) is 4.45. The molecule has 1 amide bonds. The summed E-state index contributed by atoms with van der Waals surface area (Å²) < 4.78 is 0. The van der Waals surface area contributed by atoms with Crippen molar-refractivity contribution in [2.45, 2.75) is 25.3 Å². The Bertz CT molecular complexity index is 615. The van der Waals surface area contributed by atoms with Gasteiger partial charge in [-0.15, -0.1) is 0 Å². The molecule has 0 fully saturated rings. The summed E-state index contributed by atoms with van der Waals surface area (Å²) in [6.45, 7) is 0.412. The van der Waals surface area contributed by atoms with Crippen LogP contribution in [0.2, 0.25) is 0 Å². The minimum atomic E-state index is -0.113. The first-order valence-corrected chi connectivity index (χ1v) is 9.11. The molecule has 4 heteroatoms. The standard InChI is InChI=1S/C18H24N2OS/c1-22-11-5-4-8-18(21)20-17(13-19)16-10-9-14-6-2-3-7-15(14)12-16/h2-3,6-7,9-10,12,17H,4-5,8,11,13,19H2,1H3,(H,20,21). The maximum Gasteiger partial charge on any atom is 0.220 e. The van der Waals surface area contributed by atoms with Crippen LogP contribution in [0, 0.1) is 0 Å². The summed E-state index contributed by atoms with van der Waals surface area (Å²) in [5, 5.41) is 5.43. The van der Waals surface area contributed by atoms with Crippen LogP contribution in [-0.2, 0) is 4.79 Å². The Morgan fingerprint density at radius 2 is 1.95 bits per heavy atom. The number of rotatable bonds is 8. The van der Waals surface area contributed by atoms with Crippen molar-refractivity contribution < 1.29 is 4.79 Å². The summed E-state index contributed by atoms with van der Waals surface area (Å²) in [6, 6.07) is 14.3. The molecule has 0 spiro atoms. The second-order valence-electron chi connectivity index (χ2n) is 5.41. The van der Waals surface area contributed by atoms with E-state index in [1.165, 1.54) is 10.8 Å². The Morgan fingerprint density at radius 1 is 1.18 bits per heavy atom. The van der Waals surface area contributed by atoms with Gasteiger partial charge in [0.05, 0.1) is 6.04 Å². The highest BCUT2D eigenvalue weighted by Gasteiger charge is 2.13. The Labute approximate surface area is 136 Å². The van der Waals surface area contributed by atoms with Gasteiger partial charge in [-0.1, -0.05) is 36.4 Å². The van der Waals surface area contributed by atoms with Crippen molar-refractivity contribution in [2.24, 2.45) is 5.73 Å². The third kappa shape index (κ3) is 4.75. The molecule has 3 nitrogen and oxygen atoms in total. The van der Waals surface area contributed by atoms with Crippen LogP contribution in [-0.4, -0.2) is 24.5 Å². The average Bonchev–Trinajstić information content (AvgIpc) is 2.56. The molecule has 1 unspecified atom stereocenters. The summed E-state index contributed by atoms with van der Waals surface area (Å²) in [6.07, 6.45) is 4.68. The second-order valence-corrected chi connectivity index (χ2v) is 6.40. The van der Waals surface area contributed by atoms with Gasteiger partial charge in [0.15, 0.2) is 0 Å². The number of nitrogens with two attached hydrogens (primary N) is 1. The van der Waals surface area contributed by atoms with Crippen molar-refractivity contribution in [3.8, 4) is 0 Å². The lowest BCUT2D eigenvalue weighted by Gasteiger charge is -2.18. The maximum atomic E-state index is 12.0. The molecule has 0 aliphatic rings. The molecule has 0 aliphatic carbocycles. The summed E-state index contributed by atoms with van der Waals surface area (Å²) in [5.74, 6) is 1.20. The number of hydrogen-bond donors (Lipinski definition) is 2. The number of carbonyl (C=O) groups excluding carboxylic acids is 1. The monoisotopic (exact) mass is 316 g/mol. The highest BCUT2D eigenvalue weighted by atomic mass is 32.2. The topological polar surface area (TPSA) is 55.1 Å². The zero-order valence-corrected chi connectivity index (χ0v) is 13.9. The van der Waals surface area contributed by atoms with E-state index in [1.807, 2.05) is 30.0 Å². The number of hydrogen-bond acceptors (Lipinski definition) is 3. The van der Waals surface area contributed by atoms with Gasteiger partial charge in [0.25, 0.3) is 0 Å². The van der Waals surface area contributed by atoms with E-state index in [2.05, 4.69) is 35.8 Å². The van der Waals surface area contributed by atoms with Crippen molar-refractivity contribution in [2.75, 3.05) is 18.6 Å². The number of carbonyl (C=O) groups is 1. The van der Waals surface area contributed by atoms with Crippen LogP contribution in [0.1, 0.15) is 30.9 Å². The molecular weight excluding hydrogens is 292 g/mol. The van der Waals surface area contributed by atoms with Crippen molar-refractivity contribution in [3.63, 3.8) is 0 Å². The minimum Gasteiger partial charge on any atom is -0.348 e. The zero-order valence-electron chi connectivity index (χ0n) is 13.0. The van der Waals surface area contributed by atoms with Gasteiger partial charge in [-0.05, 0) is 47.3 Å². The van der Waals surface area contributed by atoms with E-state index in [0.29, 0.717) is 13.0 Å². The number of thioether (sulfide) groups is 1. The molecule has 3 N–H and O–H groups in total. The van der Waals surface area contributed by atoms with Crippen molar-refractivity contribution in [1.82, 2.24) is 5.32 Å². The molecule has 2 aromatic carbocycles. The van der Waals surface area contributed by atoms with Crippen molar-refractivity contribution >= 4 is 28.4 Å². The molecule has 0 aliphatic heterocycles. The number of amides is 1. The molecule has 0 bridgehead atoms. The normalized spacial score (nSPS) is 12.3. The van der Waals surface area contributed by atoms with E-state index < -0.39 is 0 Å². The molecule has 0 saturated heterocycles. The Kier molecular flexibility index (Phi) is 6.74. The van der Waals surface area contributed by atoms with E-state index >= 15 is 0 Å². The predicted octanol–water partition coefficient (Wildman–Crippen LogP) is 3.49. The van der Waals surface area contributed by atoms with Gasteiger partial charge >= 0.3 is 0 Å². The first-order valence-electron chi connectivity index (χ1n) is 7.71. The Balaban J connectivity index is 1.98. The predicted molar refractivity (Wildman–Crippen MR) is 96.1 cm³/mol. The molecular formula is C18H24N2OS. The molecule has 2 rings (SSSR count). The van der Waals surface area contributed by atoms with Gasteiger partial charge in [-0.25, -0.2) is 0 Å². The number of nitrogens with one attached hydrogen (secondary N) is 1. The van der Waals surface area contributed by atoms with E-state index in [9.17, 15) is 4.79 Å². The lowest BCUT2D eigenvalue weighted by Crippen LogP contribution is -2.33. The summed E-state index contributed by atoms with van der Waals surface area (Å²) >= 11 is 1.82. The van der Waals surface area contributed by atoms with Crippen LogP contribution < -0.4 is 11.1 Å². The lowest BCUT2D eigenvalue weighted by molar-refractivity contribution is -0.121. The maximum absolute atomic E-state index is 12.0. The molecule has 22 heavy (non-hydrogen) atoms. The third-order valence-electron chi connectivity index (χ3n) is 3.75. The largest absolute Gasteiger partial charge is 0.348 e. The molecule has 1 atom stereocenters. The van der Waals surface area contributed by atoms with Crippen molar-refractivity contribution in [1.29, 1.82) is 0 Å². The fourth-order valence-electron chi connectivity index (χ4n) is 2.50. The van der Waals surface area contributed by atoms with Crippen LogP contribution in [0.25, 0.3) is 10.8 Å². The van der Waals surface area contributed by atoms with Crippen LogP contribution in [0.3, 0.4) is 0 Å². The Morgan fingerprint density at radius 3 is 2.68 bits per heavy atom. The SMILES string of the molecule is CSCCCCC(=O)NC(CN)c1ccc2ccccc2c1. The molecule has 0 heterocycles. The first-order chi connectivity index (χ1) is 10.7. The number of unbranched alkanes of at least 4 members (excludes halogenated alkanes) is 1. The fourth-order valence-corrected chi connectivity index (χ4v) is 2.99. The van der Waals surface area contributed by atoms with Gasteiger partial charge in [-0.3, -0.25) is 4.79 Å². The van der Waals surface area contributed by atoms with Gasteiger partial charge in [0.2, 0.25) is 5.91 Å². The number of benzene rings is 2. The number of fused-ring (bicyclic) bond motifs is 1. The van der Waals surface area contributed by atoms with E-state index in [-0.39, 0.29) is 11.9 Å². The van der Waals surface area contributed by atoms with E-state index in [4.69, 9.17) is 5.73 Å². The highest BCUT2D eigenvalue weighted by Crippen LogP contribution is 2.20. The van der Waals surface area contributed by atoms with Gasteiger partial charge in [0, 0.05) is 13.0 Å². The summed E-state index contributed by atoms with van der Waals surface area (Å²) in [5.41, 5.74) is 6.92. The minimum absolute atomic E-state index is 0.0877. The lowest BCUT2D eigenvalue weighted by atomic mass is 10.0. The molecule has 0 radical (unpaired) electrons. The van der Waals surface area contributed by atoms with Crippen LogP contribution in [0.15, 0.2) is 42.5 Å². The second kappa shape index (κ2) is 8.81. The van der Waals surface area contributed by atoms with Crippen LogP contribution in [0.5, 0.6) is 0 Å². The quantitative estimate of drug-likeness (QED) is 0.733. The van der Waals surface area contributed by atoms with Crippen LogP contribution >= 0.6 is 11.8 Å². The zero-order chi connectivity index (χ0) is 15.8. The fraction of sp³-hybridized carbons (Fsp3) is 0.389. The summed E-state index contributed by atoms with van der Waals surface area (Å²) in [7, 11) is 0. The average molecular weight is 316 g/mol. The smallest absolute Gasteiger partial charge is 0.220 e. The first kappa shape index (κ1) is 16.8. The Hall–Kier alpha value is -1.52. The van der Waals surface area contributed by atoms with Gasteiger partial charge in [0.1, 0.15) is 0 Å². The highest BCUT2D eigenvalue weighted by molar-refractivity contribution is 7.98. The molecule has 0 saturated carbocycles. The van der Waals surface area contributed by atoms with Gasteiger partial charge in [-0.2, -0.15) is 11.8 Å². The van der Waals surface area contributed by atoms with E-state index in [0.717, 1.165) is 24.2 Å².